The van der Waals surface area contributed by atoms with Gasteiger partial charge >= 0.3 is 0 Å². The first-order valence-corrected chi connectivity index (χ1v) is 7.50. The topological polar surface area (TPSA) is 54.3 Å². The van der Waals surface area contributed by atoms with E-state index in [9.17, 15) is 4.79 Å². The summed E-state index contributed by atoms with van der Waals surface area (Å²) in [6, 6.07) is 3.99. The second-order valence-corrected chi connectivity index (χ2v) is 5.92. The molecule has 0 aromatic carbocycles. The van der Waals surface area contributed by atoms with Crippen LogP contribution in [0, 0.1) is 0 Å². The lowest BCUT2D eigenvalue weighted by Gasteiger charge is -2.38. The molecule has 6 heteroatoms. The molecular weight excluding hydrogens is 278 g/mol. The minimum atomic E-state index is 0.0487. The van der Waals surface area contributed by atoms with Gasteiger partial charge in [-0.15, -0.1) is 0 Å². The summed E-state index contributed by atoms with van der Waals surface area (Å²) in [6.07, 6.45) is 5.26. The SMILES string of the molecule is C[C@@H]1CN(C)CCN1C(=O)c1cn(C)nc1-c1cccnc1. The molecule has 0 spiro atoms. The highest BCUT2D eigenvalue weighted by Gasteiger charge is 2.29. The van der Waals surface area contributed by atoms with Crippen molar-refractivity contribution in [3.05, 3.63) is 36.3 Å². The van der Waals surface area contributed by atoms with Crippen molar-refractivity contribution >= 4 is 5.91 Å². The van der Waals surface area contributed by atoms with Gasteiger partial charge < -0.3 is 9.80 Å². The van der Waals surface area contributed by atoms with Gasteiger partial charge in [0, 0.05) is 56.9 Å². The monoisotopic (exact) mass is 299 g/mol. The number of pyridine rings is 1. The molecule has 1 saturated heterocycles. The molecule has 1 fully saturated rings. The van der Waals surface area contributed by atoms with E-state index in [1.165, 1.54) is 0 Å². The lowest BCUT2D eigenvalue weighted by atomic mass is 10.1. The Bertz CT molecular complexity index is 666. The molecule has 1 amide bonds. The van der Waals surface area contributed by atoms with Crippen molar-refractivity contribution in [1.29, 1.82) is 0 Å². The average Bonchev–Trinajstić information content (AvgIpc) is 2.89. The maximum atomic E-state index is 13.0. The Kier molecular flexibility index (Phi) is 3.94. The van der Waals surface area contributed by atoms with Crippen molar-refractivity contribution in [2.45, 2.75) is 13.0 Å². The second-order valence-electron chi connectivity index (χ2n) is 5.92. The summed E-state index contributed by atoms with van der Waals surface area (Å²) >= 11 is 0. The van der Waals surface area contributed by atoms with Crippen LogP contribution in [0.1, 0.15) is 17.3 Å². The number of piperazine rings is 1. The van der Waals surface area contributed by atoms with Gasteiger partial charge in [0.05, 0.1) is 5.56 Å². The van der Waals surface area contributed by atoms with Gasteiger partial charge in [0.2, 0.25) is 0 Å². The Hall–Kier alpha value is -2.21. The van der Waals surface area contributed by atoms with E-state index in [1.54, 1.807) is 23.3 Å². The van der Waals surface area contributed by atoms with Gasteiger partial charge in [0.15, 0.2) is 0 Å². The van der Waals surface area contributed by atoms with Crippen molar-refractivity contribution in [1.82, 2.24) is 24.6 Å². The molecule has 1 aliphatic rings. The van der Waals surface area contributed by atoms with E-state index in [4.69, 9.17) is 0 Å². The predicted octanol–water partition coefficient (Wildman–Crippen LogP) is 1.26. The summed E-state index contributed by atoms with van der Waals surface area (Å²) in [4.78, 5) is 21.3. The highest BCUT2D eigenvalue weighted by atomic mass is 16.2. The molecule has 3 heterocycles. The van der Waals surface area contributed by atoms with Crippen molar-refractivity contribution in [2.24, 2.45) is 7.05 Å². The number of hydrogen-bond donors (Lipinski definition) is 0. The second kappa shape index (κ2) is 5.88. The van der Waals surface area contributed by atoms with Gasteiger partial charge in [-0.05, 0) is 26.1 Å². The average molecular weight is 299 g/mol. The van der Waals surface area contributed by atoms with E-state index in [0.29, 0.717) is 11.3 Å². The van der Waals surface area contributed by atoms with Gasteiger partial charge in [-0.25, -0.2) is 0 Å². The Morgan fingerprint density at radius 3 is 2.82 bits per heavy atom. The number of aromatic nitrogens is 3. The fourth-order valence-corrected chi connectivity index (χ4v) is 2.96. The quantitative estimate of drug-likeness (QED) is 0.838. The standard InChI is InChI=1S/C16H21N5O/c1-12-10-19(2)7-8-21(12)16(22)14-11-20(3)18-15(14)13-5-4-6-17-9-13/h4-6,9,11-12H,7-8,10H2,1-3H3/t12-/m1/s1. The van der Waals surface area contributed by atoms with E-state index < -0.39 is 0 Å². The van der Waals surface area contributed by atoms with Gasteiger partial charge in [0.25, 0.3) is 5.91 Å². The molecule has 0 N–H and O–H groups in total. The minimum Gasteiger partial charge on any atom is -0.333 e. The van der Waals surface area contributed by atoms with Crippen molar-refractivity contribution in [3.8, 4) is 11.3 Å². The molecule has 2 aromatic rings. The molecule has 0 bridgehead atoms. The van der Waals surface area contributed by atoms with Crippen LogP contribution in [-0.2, 0) is 7.05 Å². The number of amides is 1. The molecule has 0 saturated carbocycles. The lowest BCUT2D eigenvalue weighted by molar-refractivity contribution is 0.0534. The van der Waals surface area contributed by atoms with Gasteiger partial charge in [0.1, 0.15) is 5.69 Å². The maximum Gasteiger partial charge on any atom is 0.258 e. The maximum absolute atomic E-state index is 13.0. The molecule has 1 aliphatic heterocycles. The molecule has 22 heavy (non-hydrogen) atoms. The van der Waals surface area contributed by atoms with Crippen molar-refractivity contribution in [2.75, 3.05) is 26.7 Å². The third kappa shape index (κ3) is 2.74. The Morgan fingerprint density at radius 2 is 2.14 bits per heavy atom. The van der Waals surface area contributed by atoms with Crippen LogP contribution < -0.4 is 0 Å². The number of aryl methyl sites for hydroxylation is 1. The van der Waals surface area contributed by atoms with Crippen LogP contribution >= 0.6 is 0 Å². The molecular formula is C16H21N5O. The summed E-state index contributed by atoms with van der Waals surface area (Å²) in [6.45, 7) is 4.64. The van der Waals surface area contributed by atoms with Crippen molar-refractivity contribution in [3.63, 3.8) is 0 Å². The zero-order valence-corrected chi connectivity index (χ0v) is 13.2. The Labute approximate surface area is 130 Å². The largest absolute Gasteiger partial charge is 0.333 e. The molecule has 6 nitrogen and oxygen atoms in total. The highest BCUT2D eigenvalue weighted by Crippen LogP contribution is 2.23. The molecule has 0 radical (unpaired) electrons. The summed E-state index contributed by atoms with van der Waals surface area (Å²) in [5, 5.41) is 4.46. The number of carbonyl (C=O) groups is 1. The summed E-state index contributed by atoms with van der Waals surface area (Å²) in [5.74, 6) is 0.0487. The van der Waals surface area contributed by atoms with E-state index in [2.05, 4.69) is 29.0 Å². The van der Waals surface area contributed by atoms with Crippen LogP contribution in [0.15, 0.2) is 30.7 Å². The van der Waals surface area contributed by atoms with Gasteiger partial charge in [-0.2, -0.15) is 5.10 Å². The first-order valence-electron chi connectivity index (χ1n) is 7.50. The summed E-state index contributed by atoms with van der Waals surface area (Å²) in [7, 11) is 3.92. The predicted molar refractivity (Wildman–Crippen MR) is 84.4 cm³/mol. The number of carbonyl (C=O) groups excluding carboxylic acids is 1. The summed E-state index contributed by atoms with van der Waals surface area (Å²) < 4.78 is 1.69. The fraction of sp³-hybridized carbons (Fsp3) is 0.438. The number of rotatable bonds is 2. The van der Waals surface area contributed by atoms with Gasteiger partial charge in [-0.1, -0.05) is 0 Å². The van der Waals surface area contributed by atoms with Crippen LogP contribution in [0.5, 0.6) is 0 Å². The van der Waals surface area contributed by atoms with Crippen LogP contribution in [0.2, 0.25) is 0 Å². The molecule has 3 rings (SSSR count). The van der Waals surface area contributed by atoms with E-state index in [0.717, 1.165) is 25.2 Å². The number of hydrogen-bond acceptors (Lipinski definition) is 4. The van der Waals surface area contributed by atoms with Crippen LogP contribution in [-0.4, -0.2) is 63.2 Å². The lowest BCUT2D eigenvalue weighted by Crippen LogP contribution is -2.52. The molecule has 1 atom stereocenters. The molecule has 116 valence electrons. The van der Waals surface area contributed by atoms with Gasteiger partial charge in [-0.3, -0.25) is 14.5 Å². The first-order chi connectivity index (χ1) is 10.6. The minimum absolute atomic E-state index is 0.0487. The van der Waals surface area contributed by atoms with Crippen LogP contribution in [0.4, 0.5) is 0 Å². The first kappa shape index (κ1) is 14.7. The smallest absolute Gasteiger partial charge is 0.258 e. The zero-order valence-electron chi connectivity index (χ0n) is 13.2. The van der Waals surface area contributed by atoms with Crippen LogP contribution in [0.25, 0.3) is 11.3 Å². The third-order valence-electron chi connectivity index (χ3n) is 4.09. The third-order valence-corrected chi connectivity index (χ3v) is 4.09. The van der Waals surface area contributed by atoms with E-state index in [1.807, 2.05) is 24.1 Å². The summed E-state index contributed by atoms with van der Waals surface area (Å²) in [5.41, 5.74) is 2.21. The molecule has 0 unspecified atom stereocenters. The Balaban J connectivity index is 1.93. The van der Waals surface area contributed by atoms with Crippen LogP contribution in [0.3, 0.4) is 0 Å². The molecule has 2 aromatic heterocycles. The fourth-order valence-electron chi connectivity index (χ4n) is 2.96. The molecule has 0 aliphatic carbocycles. The van der Waals surface area contributed by atoms with Crippen molar-refractivity contribution < 1.29 is 4.79 Å². The Morgan fingerprint density at radius 1 is 1.32 bits per heavy atom. The van der Waals surface area contributed by atoms with E-state index in [-0.39, 0.29) is 11.9 Å². The number of nitrogens with zero attached hydrogens (tertiary/aromatic N) is 5. The number of likely N-dealkylation sites (N-methyl/N-ethyl adjacent to an activating group) is 1. The van der Waals surface area contributed by atoms with E-state index >= 15 is 0 Å². The normalized spacial score (nSPS) is 19.4. The zero-order chi connectivity index (χ0) is 15.7. The highest BCUT2D eigenvalue weighted by molar-refractivity contribution is 6.00.